The number of amides is 2. The third-order valence-electron chi connectivity index (χ3n) is 5.24. The van der Waals surface area contributed by atoms with Gasteiger partial charge >= 0.3 is 12.5 Å². The second-order valence-corrected chi connectivity index (χ2v) is 10.6. The number of nitrogens with zero attached hydrogens (tertiary/aromatic N) is 3. The summed E-state index contributed by atoms with van der Waals surface area (Å²) in [6.07, 6.45) is -6.13. The highest BCUT2D eigenvalue weighted by atomic mass is 35.5. The normalized spacial score (nSPS) is 14.2. The Morgan fingerprint density at radius 1 is 1.12 bits per heavy atom. The second-order valence-electron chi connectivity index (χ2n) is 8.96. The average molecular weight is 626 g/mol. The summed E-state index contributed by atoms with van der Waals surface area (Å²) < 4.78 is 78.0. The zero-order valence-electron chi connectivity index (χ0n) is 20.6. The van der Waals surface area contributed by atoms with E-state index in [4.69, 9.17) is 23.2 Å². The summed E-state index contributed by atoms with van der Waals surface area (Å²) in [4.78, 5) is 30.6. The van der Waals surface area contributed by atoms with Gasteiger partial charge < -0.3 is 20.1 Å². The van der Waals surface area contributed by atoms with E-state index in [1.165, 1.54) is 30.1 Å². The fraction of sp³-hybridized carbons (Fsp3) is 0.304. The van der Waals surface area contributed by atoms with Crippen molar-refractivity contribution < 1.29 is 41.0 Å². The Labute approximate surface area is 237 Å². The van der Waals surface area contributed by atoms with Gasteiger partial charge in [0.25, 0.3) is 11.8 Å². The van der Waals surface area contributed by atoms with Gasteiger partial charge in [0.15, 0.2) is 23.0 Å². The molecule has 40 heavy (non-hydrogen) atoms. The molecule has 0 bridgehead atoms. The van der Waals surface area contributed by atoms with Gasteiger partial charge in [-0.1, -0.05) is 23.2 Å². The van der Waals surface area contributed by atoms with Gasteiger partial charge in [0.2, 0.25) is 0 Å². The van der Waals surface area contributed by atoms with E-state index in [2.05, 4.69) is 30.2 Å². The molecule has 0 aliphatic carbocycles. The van der Waals surface area contributed by atoms with Crippen molar-refractivity contribution in [3.8, 4) is 17.3 Å². The molecule has 17 heteroatoms. The van der Waals surface area contributed by atoms with Gasteiger partial charge in [0.1, 0.15) is 11.3 Å². The number of anilines is 1. The number of carbonyl (C=O) groups excluding carboxylic acids is 2. The molecule has 2 amide bonds. The molecule has 0 radical (unpaired) electrons. The minimum Gasteiger partial charge on any atom is -0.395 e. The lowest BCUT2D eigenvalue weighted by atomic mass is 10.0. The zero-order chi connectivity index (χ0) is 29.6. The van der Waals surface area contributed by atoms with Crippen LogP contribution >= 0.6 is 35.0 Å². The molecule has 0 spiro atoms. The van der Waals surface area contributed by atoms with E-state index in [1.54, 1.807) is 20.1 Å². The van der Waals surface area contributed by atoms with E-state index >= 15 is 0 Å². The second kappa shape index (κ2) is 10.6. The molecule has 9 nitrogen and oxygen atoms in total. The molecule has 3 aromatic rings. The number of thioether (sulfide) groups is 1. The molecule has 1 aliphatic heterocycles. The standard InChI is InChI=1S/C23H18Cl2F5N5O4S/c1-21(2,9-40-3)33-20(37)15-16(11(25)7-13-17(15)39-23(29,30)38-13)32-19(36)12-8-14(22(26,27)28)34-35(12)18-10(24)5-4-6-31-18/h4-8H,9H2,1-3H3,(H,32,36)(H,33,37). The number of hydrogen-bond donors (Lipinski definition) is 2. The Hall–Kier alpha value is -3.30. The minimum atomic E-state index is -4.96. The molecule has 2 N–H and O–H groups in total. The molecule has 0 saturated carbocycles. The van der Waals surface area contributed by atoms with Crippen LogP contribution in [0.3, 0.4) is 0 Å². The molecule has 0 saturated heterocycles. The highest BCUT2D eigenvalue weighted by molar-refractivity contribution is 7.98. The predicted octanol–water partition coefficient (Wildman–Crippen LogP) is 6.04. The van der Waals surface area contributed by atoms with Crippen LogP contribution in [0.1, 0.15) is 40.4 Å². The van der Waals surface area contributed by atoms with Crippen LogP contribution in [0.25, 0.3) is 5.82 Å². The monoisotopic (exact) mass is 625 g/mol. The first-order chi connectivity index (χ1) is 18.5. The van der Waals surface area contributed by atoms with Gasteiger partial charge in [-0.2, -0.15) is 30.0 Å². The molecule has 4 rings (SSSR count). The first-order valence-electron chi connectivity index (χ1n) is 11.1. The molecule has 0 fully saturated rings. The summed E-state index contributed by atoms with van der Waals surface area (Å²) in [5, 5.41) is 7.71. The van der Waals surface area contributed by atoms with Crippen LogP contribution < -0.4 is 20.1 Å². The highest BCUT2D eigenvalue weighted by Gasteiger charge is 2.47. The van der Waals surface area contributed by atoms with Gasteiger partial charge in [0, 0.05) is 29.6 Å². The first kappa shape index (κ1) is 29.7. The fourth-order valence-corrected chi connectivity index (χ4v) is 4.95. The van der Waals surface area contributed by atoms with Gasteiger partial charge in [-0.25, -0.2) is 9.67 Å². The third kappa shape index (κ3) is 6.05. The van der Waals surface area contributed by atoms with Gasteiger partial charge in [-0.3, -0.25) is 9.59 Å². The van der Waals surface area contributed by atoms with Crippen LogP contribution in [0.15, 0.2) is 30.5 Å². The number of rotatable bonds is 7. The first-order valence-corrected chi connectivity index (χ1v) is 13.2. The number of aromatic nitrogens is 3. The highest BCUT2D eigenvalue weighted by Crippen LogP contribution is 2.49. The molecular formula is C23H18Cl2F5N5O4S. The number of benzene rings is 1. The van der Waals surface area contributed by atoms with Crippen molar-refractivity contribution in [2.75, 3.05) is 17.3 Å². The Bertz CT molecular complexity index is 1500. The average Bonchev–Trinajstić information content (AvgIpc) is 3.39. The molecule has 0 atom stereocenters. The van der Waals surface area contributed by atoms with Gasteiger partial charge in [-0.15, -0.1) is 8.78 Å². The summed E-state index contributed by atoms with van der Waals surface area (Å²) >= 11 is 13.7. The van der Waals surface area contributed by atoms with Crippen LogP contribution in [0.5, 0.6) is 11.5 Å². The van der Waals surface area contributed by atoms with Crippen LogP contribution in [0.4, 0.5) is 27.6 Å². The van der Waals surface area contributed by atoms with Crippen LogP contribution in [0, 0.1) is 0 Å². The minimum absolute atomic E-state index is 0.132. The zero-order valence-corrected chi connectivity index (χ0v) is 23.0. The van der Waals surface area contributed by atoms with Crippen molar-refractivity contribution in [2.24, 2.45) is 0 Å². The molecule has 3 heterocycles. The van der Waals surface area contributed by atoms with Crippen LogP contribution in [0.2, 0.25) is 10.0 Å². The maximum absolute atomic E-state index is 14.0. The number of carbonyl (C=O) groups is 2. The molecule has 2 aromatic heterocycles. The summed E-state index contributed by atoms with van der Waals surface area (Å²) in [5.41, 5.74) is -4.20. The number of alkyl halides is 5. The Morgan fingerprint density at radius 2 is 1.82 bits per heavy atom. The largest absolute Gasteiger partial charge is 0.586 e. The quantitative estimate of drug-likeness (QED) is 0.308. The molecule has 214 valence electrons. The van der Waals surface area contributed by atoms with E-state index in [-0.39, 0.29) is 10.8 Å². The fourth-order valence-electron chi connectivity index (χ4n) is 3.71. The van der Waals surface area contributed by atoms with Crippen molar-refractivity contribution in [1.82, 2.24) is 20.1 Å². The third-order valence-corrected chi connectivity index (χ3v) is 6.85. The van der Waals surface area contributed by atoms with E-state index in [1.807, 2.05) is 0 Å². The van der Waals surface area contributed by atoms with Crippen molar-refractivity contribution >= 4 is 52.5 Å². The van der Waals surface area contributed by atoms with Crippen LogP contribution in [-0.4, -0.2) is 50.4 Å². The number of hydrogen-bond acceptors (Lipinski definition) is 7. The van der Waals surface area contributed by atoms with E-state index in [9.17, 15) is 31.5 Å². The summed E-state index contributed by atoms with van der Waals surface area (Å²) in [7, 11) is 0. The number of ether oxygens (including phenoxy) is 2. The SMILES string of the molecule is CSCC(C)(C)NC(=O)c1c(NC(=O)c2cc(C(F)(F)F)nn2-c2ncccc2Cl)c(Cl)cc2c1OC(F)(F)O2. The van der Waals surface area contributed by atoms with Crippen molar-refractivity contribution in [1.29, 1.82) is 0 Å². The molecule has 1 aliphatic rings. The molecule has 1 aromatic carbocycles. The van der Waals surface area contributed by atoms with Gasteiger partial charge in [-0.05, 0) is 32.2 Å². The number of fused-ring (bicyclic) bond motifs is 1. The maximum Gasteiger partial charge on any atom is 0.586 e. The lowest BCUT2D eigenvalue weighted by Gasteiger charge is -2.26. The number of halogens is 7. The lowest BCUT2D eigenvalue weighted by molar-refractivity contribution is -0.286. The van der Waals surface area contributed by atoms with E-state index < -0.39 is 69.0 Å². The van der Waals surface area contributed by atoms with Gasteiger partial charge in [0.05, 0.1) is 15.7 Å². The summed E-state index contributed by atoms with van der Waals surface area (Å²) in [6, 6.07) is 4.02. The number of nitrogens with one attached hydrogen (secondary N) is 2. The summed E-state index contributed by atoms with van der Waals surface area (Å²) in [5.74, 6) is -3.47. The Morgan fingerprint density at radius 3 is 2.45 bits per heavy atom. The maximum atomic E-state index is 14.0. The Balaban J connectivity index is 1.83. The van der Waals surface area contributed by atoms with Crippen molar-refractivity contribution in [3.63, 3.8) is 0 Å². The Kier molecular flexibility index (Phi) is 7.86. The van der Waals surface area contributed by atoms with Crippen LogP contribution in [-0.2, 0) is 6.18 Å². The molecule has 0 unspecified atom stereocenters. The van der Waals surface area contributed by atoms with E-state index in [0.717, 1.165) is 6.07 Å². The van der Waals surface area contributed by atoms with Crippen molar-refractivity contribution in [3.05, 3.63) is 57.5 Å². The summed E-state index contributed by atoms with van der Waals surface area (Å²) in [6.45, 7) is 3.31. The predicted molar refractivity (Wildman–Crippen MR) is 137 cm³/mol. The molecular weight excluding hydrogens is 608 g/mol. The smallest absolute Gasteiger partial charge is 0.395 e. The van der Waals surface area contributed by atoms with E-state index in [0.29, 0.717) is 16.5 Å². The topological polar surface area (TPSA) is 107 Å². The van der Waals surface area contributed by atoms with Crippen molar-refractivity contribution in [2.45, 2.75) is 31.9 Å². The number of pyridine rings is 1. The lowest BCUT2D eigenvalue weighted by Crippen LogP contribution is -2.45.